The third-order valence-corrected chi connectivity index (χ3v) is 3.25. The van der Waals surface area contributed by atoms with Crippen LogP contribution < -0.4 is 14.9 Å². The van der Waals surface area contributed by atoms with Gasteiger partial charge in [-0.2, -0.15) is 0 Å². The Balaban J connectivity index is 2.00. The van der Waals surface area contributed by atoms with Crippen molar-refractivity contribution in [1.82, 2.24) is 4.57 Å². The van der Waals surface area contributed by atoms with Crippen LogP contribution in [-0.2, 0) is 13.0 Å². The van der Waals surface area contributed by atoms with Gasteiger partial charge in [-0.15, -0.1) is 0 Å². The van der Waals surface area contributed by atoms with Crippen LogP contribution in [-0.4, -0.2) is 23.4 Å². The Bertz CT molecular complexity index is 646. The molecule has 0 aliphatic rings. The molecular formula is C16H19NO4. The first-order valence-electron chi connectivity index (χ1n) is 6.83. The smallest absolute Gasteiger partial charge is 0.223 e. The molecule has 21 heavy (non-hydrogen) atoms. The predicted octanol–water partition coefficient (Wildman–Crippen LogP) is 2.20. The van der Waals surface area contributed by atoms with Crippen LogP contribution in [0.3, 0.4) is 0 Å². The molecule has 5 heteroatoms. The summed E-state index contributed by atoms with van der Waals surface area (Å²) in [4.78, 5) is 11.4. The van der Waals surface area contributed by atoms with Gasteiger partial charge in [-0.25, -0.2) is 0 Å². The first-order valence-corrected chi connectivity index (χ1v) is 6.83. The molecule has 0 spiro atoms. The summed E-state index contributed by atoms with van der Waals surface area (Å²) in [5.41, 5.74) is 0.278. The Kier molecular flexibility index (Phi) is 4.87. The molecule has 0 saturated carbocycles. The molecule has 0 saturated heterocycles. The van der Waals surface area contributed by atoms with E-state index in [1.54, 1.807) is 13.3 Å². The van der Waals surface area contributed by atoms with E-state index in [9.17, 15) is 9.90 Å². The summed E-state index contributed by atoms with van der Waals surface area (Å²) in [6.45, 7) is 2.90. The zero-order valence-corrected chi connectivity index (χ0v) is 12.2. The summed E-state index contributed by atoms with van der Waals surface area (Å²) < 4.78 is 12.6. The topological polar surface area (TPSA) is 60.7 Å². The summed E-state index contributed by atoms with van der Waals surface area (Å²) in [5.74, 6) is 1.35. The summed E-state index contributed by atoms with van der Waals surface area (Å²) in [6.07, 6.45) is 2.27. The minimum Gasteiger partial charge on any atom is -0.503 e. The van der Waals surface area contributed by atoms with Gasteiger partial charge in [0.1, 0.15) is 18.1 Å². The zero-order valence-electron chi connectivity index (χ0n) is 12.2. The monoisotopic (exact) mass is 289 g/mol. The van der Waals surface area contributed by atoms with Gasteiger partial charge in [-0.3, -0.25) is 4.79 Å². The Hall–Kier alpha value is -2.43. The Morgan fingerprint density at radius 2 is 1.81 bits per heavy atom. The molecule has 0 aliphatic carbocycles. The molecule has 0 radical (unpaired) electrons. The van der Waals surface area contributed by atoms with Gasteiger partial charge < -0.3 is 19.1 Å². The first kappa shape index (κ1) is 15.0. The number of hydrogen-bond donors (Lipinski definition) is 1. The lowest BCUT2D eigenvalue weighted by Crippen LogP contribution is -2.16. The molecule has 0 atom stereocenters. The highest BCUT2D eigenvalue weighted by molar-refractivity contribution is 5.31. The van der Waals surface area contributed by atoms with E-state index in [2.05, 4.69) is 0 Å². The van der Waals surface area contributed by atoms with Crippen molar-refractivity contribution in [1.29, 1.82) is 0 Å². The molecule has 0 aliphatic heterocycles. The first-order chi connectivity index (χ1) is 10.2. The van der Waals surface area contributed by atoms with E-state index in [0.29, 0.717) is 25.3 Å². The number of rotatable bonds is 6. The second kappa shape index (κ2) is 6.83. The zero-order chi connectivity index (χ0) is 15.2. The quantitative estimate of drug-likeness (QED) is 0.885. The average Bonchev–Trinajstić information content (AvgIpc) is 2.51. The van der Waals surface area contributed by atoms with Crippen LogP contribution in [0.4, 0.5) is 0 Å². The molecule has 0 amide bonds. The van der Waals surface area contributed by atoms with Crippen molar-refractivity contribution in [2.24, 2.45) is 0 Å². The van der Waals surface area contributed by atoms with E-state index in [-0.39, 0.29) is 11.2 Å². The maximum absolute atomic E-state index is 11.4. The third kappa shape index (κ3) is 3.56. The summed E-state index contributed by atoms with van der Waals surface area (Å²) in [6, 6.07) is 8.70. The fourth-order valence-corrected chi connectivity index (χ4v) is 2.12. The summed E-state index contributed by atoms with van der Waals surface area (Å²) in [5, 5.41) is 9.76. The molecule has 112 valence electrons. The van der Waals surface area contributed by atoms with Crippen molar-refractivity contribution >= 4 is 0 Å². The van der Waals surface area contributed by atoms with E-state index in [4.69, 9.17) is 9.47 Å². The van der Waals surface area contributed by atoms with E-state index < -0.39 is 0 Å². The number of pyridine rings is 1. The van der Waals surface area contributed by atoms with Crippen molar-refractivity contribution in [3.8, 4) is 17.2 Å². The third-order valence-electron chi connectivity index (χ3n) is 3.25. The number of benzene rings is 1. The van der Waals surface area contributed by atoms with Gasteiger partial charge in [0.2, 0.25) is 5.43 Å². The molecule has 1 aromatic carbocycles. The van der Waals surface area contributed by atoms with Crippen molar-refractivity contribution in [3.63, 3.8) is 0 Å². The van der Waals surface area contributed by atoms with Crippen molar-refractivity contribution in [3.05, 3.63) is 52.4 Å². The highest BCUT2D eigenvalue weighted by Gasteiger charge is 2.07. The molecule has 1 heterocycles. The largest absolute Gasteiger partial charge is 0.503 e. The van der Waals surface area contributed by atoms with E-state index in [1.807, 2.05) is 35.8 Å². The van der Waals surface area contributed by atoms with Crippen LogP contribution >= 0.6 is 0 Å². The predicted molar refractivity (Wildman–Crippen MR) is 80.2 cm³/mol. The summed E-state index contributed by atoms with van der Waals surface area (Å²) >= 11 is 0. The molecule has 5 nitrogen and oxygen atoms in total. The van der Waals surface area contributed by atoms with Crippen LogP contribution in [0.1, 0.15) is 12.6 Å². The minimum atomic E-state index is -0.348. The molecule has 0 bridgehead atoms. The Morgan fingerprint density at radius 3 is 2.43 bits per heavy atom. The normalized spacial score (nSPS) is 10.4. The number of methoxy groups -OCH3 is 1. The van der Waals surface area contributed by atoms with Crippen LogP contribution in [0.5, 0.6) is 17.2 Å². The van der Waals surface area contributed by atoms with Gasteiger partial charge in [0.25, 0.3) is 0 Å². The standard InChI is InChI=1S/C16H19NO4/c1-3-14-16(19)15(18)8-9-17(14)10-11-21-13-6-4-12(20-2)5-7-13/h4-9,19H,3,10-11H2,1-2H3. The molecular weight excluding hydrogens is 270 g/mol. The lowest BCUT2D eigenvalue weighted by atomic mass is 10.2. The second-order valence-corrected chi connectivity index (χ2v) is 4.55. The van der Waals surface area contributed by atoms with Crippen molar-refractivity contribution in [2.45, 2.75) is 19.9 Å². The van der Waals surface area contributed by atoms with Crippen LogP contribution in [0.25, 0.3) is 0 Å². The van der Waals surface area contributed by atoms with Crippen LogP contribution in [0, 0.1) is 0 Å². The highest BCUT2D eigenvalue weighted by Crippen LogP contribution is 2.17. The average molecular weight is 289 g/mol. The van der Waals surface area contributed by atoms with Gasteiger partial charge in [-0.05, 0) is 30.7 Å². The highest BCUT2D eigenvalue weighted by atomic mass is 16.5. The number of ether oxygens (including phenoxy) is 2. The van der Waals surface area contributed by atoms with Crippen LogP contribution in [0.2, 0.25) is 0 Å². The van der Waals surface area contributed by atoms with E-state index >= 15 is 0 Å². The SMILES string of the molecule is CCc1c(O)c(=O)ccn1CCOc1ccc(OC)cc1. The van der Waals surface area contributed by atoms with E-state index in [1.165, 1.54) is 6.07 Å². The number of aromatic nitrogens is 1. The number of aromatic hydroxyl groups is 1. The Morgan fingerprint density at radius 1 is 1.14 bits per heavy atom. The fourth-order valence-electron chi connectivity index (χ4n) is 2.12. The molecule has 2 aromatic rings. The second-order valence-electron chi connectivity index (χ2n) is 4.55. The Labute approximate surface area is 123 Å². The summed E-state index contributed by atoms with van der Waals surface area (Å²) in [7, 11) is 1.62. The van der Waals surface area contributed by atoms with Crippen LogP contribution in [0.15, 0.2) is 41.3 Å². The van der Waals surface area contributed by atoms with E-state index in [0.717, 1.165) is 11.5 Å². The molecule has 2 rings (SSSR count). The minimum absolute atomic E-state index is 0.176. The molecule has 1 aromatic heterocycles. The molecule has 1 N–H and O–H groups in total. The number of hydrogen-bond acceptors (Lipinski definition) is 4. The lowest BCUT2D eigenvalue weighted by molar-refractivity contribution is 0.294. The van der Waals surface area contributed by atoms with Gasteiger partial charge >= 0.3 is 0 Å². The maximum Gasteiger partial charge on any atom is 0.223 e. The fraction of sp³-hybridized carbons (Fsp3) is 0.312. The lowest BCUT2D eigenvalue weighted by Gasteiger charge is -2.14. The van der Waals surface area contributed by atoms with Gasteiger partial charge in [-0.1, -0.05) is 6.92 Å². The van der Waals surface area contributed by atoms with Crippen molar-refractivity contribution < 1.29 is 14.6 Å². The molecule has 0 fully saturated rings. The maximum atomic E-state index is 11.4. The van der Waals surface area contributed by atoms with Gasteiger partial charge in [0.15, 0.2) is 5.75 Å². The number of nitrogens with zero attached hydrogens (tertiary/aromatic N) is 1. The van der Waals surface area contributed by atoms with Gasteiger partial charge in [0, 0.05) is 12.3 Å². The van der Waals surface area contributed by atoms with Crippen molar-refractivity contribution in [2.75, 3.05) is 13.7 Å². The molecule has 0 unspecified atom stereocenters. The van der Waals surface area contributed by atoms with Gasteiger partial charge in [0.05, 0.1) is 19.3 Å².